The van der Waals surface area contributed by atoms with Crippen LogP contribution in [0.4, 0.5) is 0 Å². The van der Waals surface area contributed by atoms with Gasteiger partial charge < -0.3 is 0 Å². The monoisotopic (exact) mass is 407 g/mol. The first kappa shape index (κ1) is 9.34. The van der Waals surface area contributed by atoms with Crippen LogP contribution in [-0.4, -0.2) is 2.78 Å². The van der Waals surface area contributed by atoms with Crippen LogP contribution in [0, 0.1) is 6.07 Å². The molecule has 0 spiro atoms. The van der Waals surface area contributed by atoms with E-state index < -0.39 is 0 Å². The van der Waals surface area contributed by atoms with Gasteiger partial charge in [0.2, 0.25) is 0 Å². The summed E-state index contributed by atoms with van der Waals surface area (Å²) < 4.78 is 1.44. The molecular weight excluding hydrogens is 403 g/mol. The minimum absolute atomic E-state index is 0. The fourth-order valence-electron chi connectivity index (χ4n) is 0.363. The molecule has 0 aliphatic rings. The molecule has 0 aromatic carbocycles. The van der Waals surface area contributed by atoms with Crippen molar-refractivity contribution >= 4 is 22.9 Å². The van der Waals surface area contributed by atoms with E-state index in [1.54, 1.807) is 12.3 Å². The molecule has 1 aromatic rings. The van der Waals surface area contributed by atoms with Crippen LogP contribution in [-0.2, 0) is 20.4 Å². The number of rotatable bonds is 0. The van der Waals surface area contributed by atoms with Crippen LogP contribution in [0.3, 0.4) is 0 Å². The molecule has 0 saturated heterocycles. The molecule has 49 valence electrons. The van der Waals surface area contributed by atoms with E-state index in [4.69, 9.17) is 0 Å². The smallest absolute Gasteiger partial charge is 0.176 e. The van der Waals surface area contributed by atoms with Crippen LogP contribution in [0.1, 0.15) is 0 Å². The zero-order chi connectivity index (χ0) is 5.98. The van der Waals surface area contributed by atoms with Crippen molar-refractivity contribution in [3.63, 3.8) is 0 Å². The Morgan fingerprint density at radius 2 is 2.33 bits per heavy atom. The molecule has 0 aliphatic carbocycles. The normalized spacial score (nSPS) is 8.11. The first-order chi connectivity index (χ1) is 3.80. The second-order valence-electron chi connectivity index (χ2n) is 1.28. The van der Waals surface area contributed by atoms with Crippen molar-refractivity contribution in [1.82, 2.24) is 2.78 Å². The average molecular weight is 406 g/mol. The third-order valence-electron chi connectivity index (χ3n) is 0.721. The molecule has 0 amide bonds. The molecule has 0 atom stereocenters. The van der Waals surface area contributed by atoms with Crippen LogP contribution >= 0.6 is 22.9 Å². The number of hydrogen-bond donors (Lipinski definition) is 0. The van der Waals surface area contributed by atoms with Gasteiger partial charge in [0.15, 0.2) is 5.56 Å². The fraction of sp³-hybridized carbons (Fsp3) is 0. The summed E-state index contributed by atoms with van der Waals surface area (Å²) in [5.41, 5.74) is -0.00986. The van der Waals surface area contributed by atoms with Gasteiger partial charge in [0.1, 0.15) is 0 Å². The van der Waals surface area contributed by atoms with E-state index >= 15 is 0 Å². The molecule has 0 saturated carbocycles. The summed E-state index contributed by atoms with van der Waals surface area (Å²) in [6.07, 6.45) is 1.59. The molecule has 0 unspecified atom stereocenters. The van der Waals surface area contributed by atoms with Gasteiger partial charge in [-0.3, -0.25) is 7.58 Å². The first-order valence-corrected chi connectivity index (χ1v) is 3.02. The molecule has 0 aliphatic heterocycles. The molecule has 0 bridgehead atoms. The maximum atomic E-state index is 10.6. The Balaban J connectivity index is 0.000000640. The maximum Gasteiger partial charge on any atom is 0.176 e. The van der Waals surface area contributed by atoms with Crippen molar-refractivity contribution in [3.8, 4) is 0 Å². The first-order valence-electron chi connectivity index (χ1n) is 2.05. The van der Waals surface area contributed by atoms with Gasteiger partial charge in [0, 0.05) is 20.4 Å². The fourth-order valence-corrected chi connectivity index (χ4v) is 0.684. The molecule has 1 aromatic heterocycles. The van der Waals surface area contributed by atoms with Crippen molar-refractivity contribution in [2.75, 3.05) is 0 Å². The Morgan fingerprint density at radius 3 is 2.67 bits per heavy atom. The Morgan fingerprint density at radius 1 is 1.67 bits per heavy atom. The molecule has 1 radical (unpaired) electrons. The van der Waals surface area contributed by atoms with Gasteiger partial charge in [-0.15, -0.1) is 6.07 Å². The van der Waals surface area contributed by atoms with E-state index in [1.807, 2.05) is 22.9 Å². The van der Waals surface area contributed by atoms with Crippen LogP contribution in [0.5, 0.6) is 0 Å². The van der Waals surface area contributed by atoms with E-state index in [2.05, 4.69) is 6.07 Å². The van der Waals surface area contributed by atoms with E-state index in [-0.39, 0.29) is 26.0 Å². The van der Waals surface area contributed by atoms with E-state index in [0.717, 1.165) is 0 Å². The third kappa shape index (κ3) is 2.61. The summed E-state index contributed by atoms with van der Waals surface area (Å²) in [6, 6.07) is 5.82. The summed E-state index contributed by atoms with van der Waals surface area (Å²) in [7, 11) is 0. The van der Waals surface area contributed by atoms with Crippen molar-refractivity contribution in [1.29, 1.82) is 0 Å². The standard InChI is InChI=1S/C5H3INO.Re/c6-7-4-2-1-3-5(7)8;/h1,3-4H;/q-1;. The van der Waals surface area contributed by atoms with E-state index in [9.17, 15) is 4.79 Å². The molecule has 4 heteroatoms. The van der Waals surface area contributed by atoms with Gasteiger partial charge in [-0.1, -0.05) is 6.20 Å². The third-order valence-corrected chi connectivity index (χ3v) is 1.47. The second-order valence-corrected chi connectivity index (χ2v) is 2.32. The van der Waals surface area contributed by atoms with Crippen LogP contribution in [0.2, 0.25) is 0 Å². The summed E-state index contributed by atoms with van der Waals surface area (Å²) in [6.45, 7) is 0. The van der Waals surface area contributed by atoms with Crippen LogP contribution in [0.15, 0.2) is 23.1 Å². The van der Waals surface area contributed by atoms with E-state index in [1.165, 1.54) is 8.85 Å². The van der Waals surface area contributed by atoms with Gasteiger partial charge in [0.05, 0.1) is 22.9 Å². The van der Waals surface area contributed by atoms with Gasteiger partial charge in [0.25, 0.3) is 0 Å². The van der Waals surface area contributed by atoms with E-state index in [0.29, 0.717) is 0 Å². The quantitative estimate of drug-likeness (QED) is 0.463. The molecule has 1 rings (SSSR count). The topological polar surface area (TPSA) is 22.0 Å². The van der Waals surface area contributed by atoms with Crippen molar-refractivity contribution in [3.05, 3.63) is 34.7 Å². The average Bonchev–Trinajstić information content (AvgIpc) is 1.77. The molecule has 0 fully saturated rings. The number of aromatic nitrogens is 1. The predicted molar refractivity (Wildman–Crippen MR) is 39.0 cm³/mol. The Labute approximate surface area is 80.4 Å². The molecular formula is C5H3INORe-. The molecule has 0 N–H and O–H groups in total. The zero-order valence-electron chi connectivity index (χ0n) is 4.34. The number of hydrogen-bond acceptors (Lipinski definition) is 1. The maximum absolute atomic E-state index is 10.6. The summed E-state index contributed by atoms with van der Waals surface area (Å²) in [5, 5.41) is 0. The van der Waals surface area contributed by atoms with Crippen LogP contribution in [0.25, 0.3) is 0 Å². The minimum Gasteiger partial charge on any atom is -0.291 e. The number of nitrogens with zero attached hydrogens (tertiary/aromatic N) is 1. The summed E-state index contributed by atoms with van der Waals surface area (Å²) >= 11 is 1.90. The Kier molecular flexibility index (Phi) is 4.36. The molecule has 2 nitrogen and oxygen atoms in total. The SMILES string of the molecule is O=c1cc[c-]cn1I.[Re]. The summed E-state index contributed by atoms with van der Waals surface area (Å²) in [4.78, 5) is 10.6. The number of pyridine rings is 1. The van der Waals surface area contributed by atoms with Crippen molar-refractivity contribution < 1.29 is 20.4 Å². The van der Waals surface area contributed by atoms with Crippen LogP contribution < -0.4 is 5.56 Å². The Hall–Kier alpha value is 0.342. The van der Waals surface area contributed by atoms with Crippen molar-refractivity contribution in [2.45, 2.75) is 0 Å². The Bertz CT molecular complexity index is 234. The van der Waals surface area contributed by atoms with Gasteiger partial charge in [-0.05, 0) is 0 Å². The molecule has 1 heterocycles. The van der Waals surface area contributed by atoms with Crippen molar-refractivity contribution in [2.24, 2.45) is 0 Å². The predicted octanol–water partition coefficient (Wildman–Crippen LogP) is 0.844. The molecule has 9 heavy (non-hydrogen) atoms. The zero-order valence-corrected chi connectivity index (χ0v) is 9.22. The van der Waals surface area contributed by atoms with Gasteiger partial charge in [-0.2, -0.15) is 0 Å². The van der Waals surface area contributed by atoms with Gasteiger partial charge >= 0.3 is 0 Å². The van der Waals surface area contributed by atoms with Gasteiger partial charge in [-0.25, -0.2) is 12.1 Å². The number of halogens is 1. The summed E-state index contributed by atoms with van der Waals surface area (Å²) in [5.74, 6) is 0. The minimum atomic E-state index is -0.00986. The second kappa shape index (κ2) is 4.20. The largest absolute Gasteiger partial charge is 0.291 e.